The van der Waals surface area contributed by atoms with Gasteiger partial charge in [0.05, 0.1) is 22.6 Å². The van der Waals surface area contributed by atoms with E-state index in [2.05, 4.69) is 10.4 Å². The quantitative estimate of drug-likeness (QED) is 0.397. The van der Waals surface area contributed by atoms with Gasteiger partial charge in [-0.2, -0.15) is 10.2 Å². The molecule has 0 spiro atoms. The summed E-state index contributed by atoms with van der Waals surface area (Å²) in [4.78, 5) is 13.5. The molecule has 1 N–H and O–H groups in total. The number of hydrogen-bond acceptors (Lipinski definition) is 3. The Morgan fingerprint density at radius 2 is 1.71 bits per heavy atom. The number of aryl methyl sites for hydroxylation is 2. The Labute approximate surface area is 216 Å². The molecule has 4 fully saturated rings. The topological polar surface area (TPSA) is 64.7 Å². The van der Waals surface area contributed by atoms with Gasteiger partial charge in [0.1, 0.15) is 10.2 Å². The Balaban J connectivity index is 1.24. The van der Waals surface area contributed by atoms with Crippen LogP contribution >= 0.6 is 23.2 Å². The van der Waals surface area contributed by atoms with Gasteiger partial charge in [-0.3, -0.25) is 9.48 Å². The molecular weight excluding hydrogens is 481 g/mol. The molecule has 2 heterocycles. The number of amides is 1. The van der Waals surface area contributed by atoms with Crippen molar-refractivity contribution in [2.24, 2.45) is 17.8 Å². The van der Waals surface area contributed by atoms with Crippen LogP contribution in [0.5, 0.6) is 0 Å². The SMILES string of the molecule is Cc1nn(CCCNC(=O)c2cn(-c3ccccc3)nc2C23CC4CC(CC(C4)C2)C3)c(Cl)c1Cl. The van der Waals surface area contributed by atoms with Crippen LogP contribution in [0.15, 0.2) is 36.5 Å². The Kier molecular flexibility index (Phi) is 5.92. The molecule has 6 nitrogen and oxygen atoms in total. The second kappa shape index (κ2) is 8.97. The maximum Gasteiger partial charge on any atom is 0.254 e. The second-order valence-corrected chi connectivity index (χ2v) is 11.6. The van der Waals surface area contributed by atoms with Crippen molar-refractivity contribution in [2.75, 3.05) is 6.54 Å². The molecule has 0 unspecified atom stereocenters. The van der Waals surface area contributed by atoms with Crippen LogP contribution in [0, 0.1) is 24.7 Å². The number of carbonyl (C=O) groups is 1. The molecule has 1 amide bonds. The average Bonchev–Trinajstić information content (AvgIpc) is 3.40. The van der Waals surface area contributed by atoms with E-state index in [0.29, 0.717) is 35.4 Å². The molecule has 2 aromatic heterocycles. The summed E-state index contributed by atoms with van der Waals surface area (Å²) in [6.07, 6.45) is 10.2. The lowest BCUT2D eigenvalue weighted by molar-refractivity contribution is -0.00770. The third-order valence-corrected chi connectivity index (χ3v) is 9.28. The first-order valence-corrected chi connectivity index (χ1v) is 13.5. The first kappa shape index (κ1) is 23.1. The fourth-order valence-electron chi connectivity index (χ4n) is 7.25. The zero-order valence-electron chi connectivity index (χ0n) is 20.0. The van der Waals surface area contributed by atoms with Crippen LogP contribution < -0.4 is 5.32 Å². The zero-order chi connectivity index (χ0) is 24.2. The van der Waals surface area contributed by atoms with Crippen molar-refractivity contribution in [1.29, 1.82) is 0 Å². The van der Waals surface area contributed by atoms with Crippen molar-refractivity contribution in [3.8, 4) is 5.69 Å². The van der Waals surface area contributed by atoms with E-state index >= 15 is 0 Å². The molecule has 4 saturated carbocycles. The molecule has 35 heavy (non-hydrogen) atoms. The van der Waals surface area contributed by atoms with E-state index in [1.807, 2.05) is 48.1 Å². The van der Waals surface area contributed by atoms with Crippen molar-refractivity contribution in [2.45, 2.75) is 63.8 Å². The Morgan fingerprint density at radius 1 is 1.06 bits per heavy atom. The highest BCUT2D eigenvalue weighted by Gasteiger charge is 2.53. The van der Waals surface area contributed by atoms with Gasteiger partial charge in [0, 0.05) is 24.7 Å². The Hall–Kier alpha value is -2.31. The lowest BCUT2D eigenvalue weighted by atomic mass is 9.48. The molecule has 4 aliphatic rings. The molecular formula is C27H31Cl2N5O. The van der Waals surface area contributed by atoms with Crippen molar-refractivity contribution >= 4 is 29.1 Å². The van der Waals surface area contributed by atoms with E-state index in [1.165, 1.54) is 38.5 Å². The van der Waals surface area contributed by atoms with Crippen molar-refractivity contribution in [3.63, 3.8) is 0 Å². The zero-order valence-corrected chi connectivity index (χ0v) is 21.5. The minimum Gasteiger partial charge on any atom is -0.352 e. The standard InChI is InChI=1S/C27H31Cl2N5O/c1-17-23(28)25(29)33(31-17)9-5-8-30-26(35)22-16-34(21-6-3-2-4-7-21)32-24(22)27-13-18-10-19(14-27)12-20(11-18)15-27/h2-4,6-7,16,18-20H,5,8-15H2,1H3,(H,30,35). The van der Waals surface area contributed by atoms with E-state index in [4.69, 9.17) is 28.3 Å². The van der Waals surface area contributed by atoms with Gasteiger partial charge in [0.25, 0.3) is 5.91 Å². The third-order valence-electron chi connectivity index (χ3n) is 8.35. The minimum absolute atomic E-state index is 0.0400. The highest BCUT2D eigenvalue weighted by Crippen LogP contribution is 2.60. The molecule has 0 atom stereocenters. The van der Waals surface area contributed by atoms with Crippen LogP contribution in [-0.4, -0.2) is 32.0 Å². The number of rotatable bonds is 7. The van der Waals surface area contributed by atoms with Crippen molar-refractivity contribution < 1.29 is 4.79 Å². The predicted molar refractivity (Wildman–Crippen MR) is 137 cm³/mol. The Bertz CT molecular complexity index is 1210. The van der Waals surface area contributed by atoms with Crippen LogP contribution in [0.3, 0.4) is 0 Å². The molecule has 0 aliphatic heterocycles. The number of carbonyl (C=O) groups excluding carboxylic acids is 1. The molecule has 8 heteroatoms. The van der Waals surface area contributed by atoms with Gasteiger partial charge in [-0.1, -0.05) is 41.4 Å². The number of nitrogens with one attached hydrogen (secondary N) is 1. The summed E-state index contributed by atoms with van der Waals surface area (Å²) < 4.78 is 3.59. The molecule has 0 saturated heterocycles. The number of aromatic nitrogens is 4. The fourth-order valence-corrected chi connectivity index (χ4v) is 7.65. The molecule has 3 aromatic rings. The average molecular weight is 512 g/mol. The lowest BCUT2D eigenvalue weighted by Gasteiger charge is -2.56. The normalized spacial score (nSPS) is 26.9. The summed E-state index contributed by atoms with van der Waals surface area (Å²) in [6.45, 7) is 2.96. The molecule has 184 valence electrons. The van der Waals surface area contributed by atoms with E-state index in [9.17, 15) is 4.79 Å². The second-order valence-electron chi connectivity index (χ2n) is 10.9. The van der Waals surface area contributed by atoms with Gasteiger partial charge >= 0.3 is 0 Å². The third kappa shape index (κ3) is 4.19. The smallest absolute Gasteiger partial charge is 0.254 e. The van der Waals surface area contributed by atoms with Crippen LogP contribution in [0.2, 0.25) is 10.2 Å². The number of nitrogens with zero attached hydrogens (tertiary/aromatic N) is 4. The summed E-state index contributed by atoms with van der Waals surface area (Å²) in [5.41, 5.74) is 3.48. The molecule has 7 rings (SSSR count). The van der Waals surface area contributed by atoms with Gasteiger partial charge in [0.2, 0.25) is 0 Å². The summed E-state index contributed by atoms with van der Waals surface area (Å²) in [6, 6.07) is 10.1. The van der Waals surface area contributed by atoms with Crippen LogP contribution in [-0.2, 0) is 12.0 Å². The summed E-state index contributed by atoms with van der Waals surface area (Å²) in [7, 11) is 0. The maximum atomic E-state index is 13.5. The lowest BCUT2D eigenvalue weighted by Crippen LogP contribution is -2.49. The molecule has 1 aromatic carbocycles. The highest BCUT2D eigenvalue weighted by atomic mass is 35.5. The number of halogens is 2. The number of para-hydroxylation sites is 1. The molecule has 0 radical (unpaired) electrons. The first-order chi connectivity index (χ1) is 16.9. The summed E-state index contributed by atoms with van der Waals surface area (Å²) in [5.74, 6) is 2.31. The van der Waals surface area contributed by atoms with Crippen LogP contribution in [0.4, 0.5) is 0 Å². The van der Waals surface area contributed by atoms with E-state index < -0.39 is 0 Å². The van der Waals surface area contributed by atoms with Gasteiger partial charge in [-0.25, -0.2) is 4.68 Å². The van der Waals surface area contributed by atoms with Gasteiger partial charge in [-0.15, -0.1) is 0 Å². The van der Waals surface area contributed by atoms with Crippen molar-refractivity contribution in [3.05, 3.63) is 63.7 Å². The highest BCUT2D eigenvalue weighted by molar-refractivity contribution is 6.41. The van der Waals surface area contributed by atoms with E-state index in [1.54, 1.807) is 4.68 Å². The maximum absolute atomic E-state index is 13.5. The predicted octanol–water partition coefficient (Wildman–Crippen LogP) is 5.97. The van der Waals surface area contributed by atoms with E-state index in [0.717, 1.165) is 34.7 Å². The van der Waals surface area contributed by atoms with Crippen LogP contribution in [0.1, 0.15) is 66.7 Å². The van der Waals surface area contributed by atoms with E-state index in [-0.39, 0.29) is 11.3 Å². The molecule has 4 aliphatic carbocycles. The monoisotopic (exact) mass is 511 g/mol. The first-order valence-electron chi connectivity index (χ1n) is 12.7. The number of hydrogen-bond donors (Lipinski definition) is 1. The largest absolute Gasteiger partial charge is 0.352 e. The fraction of sp³-hybridized carbons (Fsp3) is 0.519. The molecule has 4 bridgehead atoms. The van der Waals surface area contributed by atoms with Crippen molar-refractivity contribution in [1.82, 2.24) is 24.9 Å². The minimum atomic E-state index is -0.0429. The van der Waals surface area contributed by atoms with Gasteiger partial charge in [-0.05, 0) is 81.8 Å². The summed E-state index contributed by atoms with van der Waals surface area (Å²) >= 11 is 12.4. The van der Waals surface area contributed by atoms with Crippen LogP contribution in [0.25, 0.3) is 5.69 Å². The van der Waals surface area contributed by atoms with Gasteiger partial charge in [0.15, 0.2) is 0 Å². The Morgan fingerprint density at radius 3 is 2.31 bits per heavy atom. The summed E-state index contributed by atoms with van der Waals surface area (Å²) in [5, 5.41) is 13.5. The number of benzene rings is 1. The van der Waals surface area contributed by atoms with Gasteiger partial charge < -0.3 is 5.32 Å².